The zero-order chi connectivity index (χ0) is 13.0. The first-order valence-corrected chi connectivity index (χ1v) is 5.71. The number of aromatic nitrogens is 3. The molecular weight excluding hydrogens is 254 g/mol. The first kappa shape index (κ1) is 12.4. The lowest BCUT2D eigenvalue weighted by Gasteiger charge is -2.06. The fraction of sp³-hybridized carbons (Fsp3) is 0.167. The van der Waals surface area contributed by atoms with Crippen LogP contribution in [0.4, 0.5) is 0 Å². The van der Waals surface area contributed by atoms with E-state index >= 15 is 0 Å². The third-order valence-electron chi connectivity index (χ3n) is 2.26. The van der Waals surface area contributed by atoms with Crippen molar-refractivity contribution in [1.29, 1.82) is 0 Å². The predicted molar refractivity (Wildman–Crippen MR) is 66.2 cm³/mol. The number of hydrogen-bond acceptors (Lipinski definition) is 5. The van der Waals surface area contributed by atoms with Gasteiger partial charge in [0.05, 0.1) is 12.8 Å². The van der Waals surface area contributed by atoms with Gasteiger partial charge in [-0.3, -0.25) is 0 Å². The summed E-state index contributed by atoms with van der Waals surface area (Å²) in [7, 11) is 0. The second-order valence-corrected chi connectivity index (χ2v) is 3.86. The molecule has 5 nitrogen and oxygen atoms in total. The SMILES string of the molecule is CCOC(=O)c1nnncc1-c1ccc(Cl)cc1. The summed E-state index contributed by atoms with van der Waals surface area (Å²) in [5.74, 6) is -0.516. The molecule has 6 heteroatoms. The van der Waals surface area contributed by atoms with Crippen LogP contribution in [-0.2, 0) is 4.74 Å². The van der Waals surface area contributed by atoms with Crippen LogP contribution in [0.3, 0.4) is 0 Å². The van der Waals surface area contributed by atoms with E-state index < -0.39 is 5.97 Å². The molecule has 0 saturated heterocycles. The summed E-state index contributed by atoms with van der Waals surface area (Å²) >= 11 is 5.82. The Labute approximate surface area is 109 Å². The standard InChI is InChI=1S/C12H10ClN3O2/c1-2-18-12(17)11-10(7-14-16-15-11)8-3-5-9(13)6-4-8/h3-7H,2H2,1H3. The normalized spacial score (nSPS) is 10.1. The third-order valence-corrected chi connectivity index (χ3v) is 2.51. The molecule has 2 rings (SSSR count). The summed E-state index contributed by atoms with van der Waals surface area (Å²) in [6.07, 6.45) is 1.47. The van der Waals surface area contributed by atoms with Crippen molar-refractivity contribution in [3.8, 4) is 11.1 Å². The summed E-state index contributed by atoms with van der Waals surface area (Å²) in [5.41, 5.74) is 1.50. The van der Waals surface area contributed by atoms with Gasteiger partial charge in [0.2, 0.25) is 0 Å². The molecule has 0 aliphatic carbocycles. The van der Waals surface area contributed by atoms with Crippen LogP contribution in [-0.4, -0.2) is 28.0 Å². The van der Waals surface area contributed by atoms with Crippen molar-refractivity contribution in [2.75, 3.05) is 6.61 Å². The van der Waals surface area contributed by atoms with Crippen molar-refractivity contribution in [2.45, 2.75) is 6.92 Å². The summed E-state index contributed by atoms with van der Waals surface area (Å²) in [6, 6.07) is 7.02. The number of hydrogen-bond donors (Lipinski definition) is 0. The van der Waals surface area contributed by atoms with Crippen LogP contribution in [0.1, 0.15) is 17.4 Å². The Kier molecular flexibility index (Phi) is 3.84. The highest BCUT2D eigenvalue weighted by Crippen LogP contribution is 2.23. The topological polar surface area (TPSA) is 65.0 Å². The van der Waals surface area contributed by atoms with Gasteiger partial charge in [-0.1, -0.05) is 23.7 Å². The molecule has 1 heterocycles. The second kappa shape index (κ2) is 5.55. The van der Waals surface area contributed by atoms with E-state index in [0.29, 0.717) is 10.6 Å². The highest BCUT2D eigenvalue weighted by atomic mass is 35.5. The van der Waals surface area contributed by atoms with Crippen LogP contribution in [0.25, 0.3) is 11.1 Å². The molecule has 0 spiro atoms. The fourth-order valence-corrected chi connectivity index (χ4v) is 1.59. The number of rotatable bonds is 3. The molecule has 18 heavy (non-hydrogen) atoms. The van der Waals surface area contributed by atoms with Gasteiger partial charge in [0, 0.05) is 10.6 Å². The van der Waals surface area contributed by atoms with Gasteiger partial charge < -0.3 is 4.74 Å². The van der Waals surface area contributed by atoms with Gasteiger partial charge in [-0.25, -0.2) is 4.79 Å². The zero-order valence-electron chi connectivity index (χ0n) is 9.63. The molecule has 1 aromatic carbocycles. The van der Waals surface area contributed by atoms with Gasteiger partial charge in [-0.15, -0.1) is 10.2 Å². The largest absolute Gasteiger partial charge is 0.461 e. The average molecular weight is 264 g/mol. The zero-order valence-corrected chi connectivity index (χ0v) is 10.4. The van der Waals surface area contributed by atoms with E-state index in [1.165, 1.54) is 6.20 Å². The van der Waals surface area contributed by atoms with Crippen molar-refractivity contribution >= 4 is 17.6 Å². The van der Waals surface area contributed by atoms with Crippen LogP contribution in [0.5, 0.6) is 0 Å². The summed E-state index contributed by atoms with van der Waals surface area (Å²) in [6.45, 7) is 2.01. The van der Waals surface area contributed by atoms with E-state index in [1.807, 2.05) is 0 Å². The van der Waals surface area contributed by atoms with Crippen LogP contribution < -0.4 is 0 Å². The van der Waals surface area contributed by atoms with Gasteiger partial charge >= 0.3 is 5.97 Å². The number of nitrogens with zero attached hydrogens (tertiary/aromatic N) is 3. The highest BCUT2D eigenvalue weighted by Gasteiger charge is 2.16. The molecule has 0 radical (unpaired) electrons. The molecule has 0 aliphatic heterocycles. The third kappa shape index (κ3) is 2.62. The van der Waals surface area contributed by atoms with Gasteiger partial charge in [0.15, 0.2) is 5.69 Å². The quantitative estimate of drug-likeness (QED) is 0.796. The minimum absolute atomic E-state index is 0.147. The maximum Gasteiger partial charge on any atom is 0.359 e. The van der Waals surface area contributed by atoms with Crippen LogP contribution in [0, 0.1) is 0 Å². The predicted octanol–water partition coefficient (Wildman–Crippen LogP) is 2.37. The molecule has 0 saturated carbocycles. The first-order valence-electron chi connectivity index (χ1n) is 5.33. The number of carbonyl (C=O) groups is 1. The maximum absolute atomic E-state index is 11.7. The molecule has 0 bridgehead atoms. The molecule has 0 atom stereocenters. The lowest BCUT2D eigenvalue weighted by atomic mass is 10.1. The van der Waals surface area contributed by atoms with E-state index in [2.05, 4.69) is 15.4 Å². The average Bonchev–Trinajstić information content (AvgIpc) is 2.40. The molecule has 0 N–H and O–H groups in total. The number of esters is 1. The number of carbonyl (C=O) groups excluding carboxylic acids is 1. The monoisotopic (exact) mass is 263 g/mol. The van der Waals surface area contributed by atoms with Gasteiger partial charge in [-0.05, 0) is 29.8 Å². The highest BCUT2D eigenvalue weighted by molar-refractivity contribution is 6.30. The van der Waals surface area contributed by atoms with Crippen molar-refractivity contribution in [2.24, 2.45) is 0 Å². The lowest BCUT2D eigenvalue weighted by Crippen LogP contribution is -2.10. The Balaban J connectivity index is 2.44. The molecule has 0 fully saturated rings. The minimum atomic E-state index is -0.516. The van der Waals surface area contributed by atoms with E-state index in [4.69, 9.17) is 16.3 Å². The van der Waals surface area contributed by atoms with Crippen molar-refractivity contribution in [1.82, 2.24) is 15.4 Å². The van der Waals surface area contributed by atoms with Crippen molar-refractivity contribution < 1.29 is 9.53 Å². The molecule has 0 amide bonds. The van der Waals surface area contributed by atoms with Crippen LogP contribution >= 0.6 is 11.6 Å². The Bertz CT molecular complexity index is 558. The molecule has 0 aliphatic rings. The number of ether oxygens (including phenoxy) is 1. The number of benzene rings is 1. The minimum Gasteiger partial charge on any atom is -0.461 e. The van der Waals surface area contributed by atoms with Gasteiger partial charge in [0.1, 0.15) is 0 Å². The van der Waals surface area contributed by atoms with E-state index in [9.17, 15) is 4.79 Å². The van der Waals surface area contributed by atoms with Crippen molar-refractivity contribution in [3.63, 3.8) is 0 Å². The Hall–Kier alpha value is -2.01. The lowest BCUT2D eigenvalue weighted by molar-refractivity contribution is 0.0518. The van der Waals surface area contributed by atoms with E-state index in [1.54, 1.807) is 31.2 Å². The second-order valence-electron chi connectivity index (χ2n) is 3.42. The summed E-state index contributed by atoms with van der Waals surface area (Å²) in [5, 5.41) is 11.5. The fourth-order valence-electron chi connectivity index (χ4n) is 1.46. The van der Waals surface area contributed by atoms with Gasteiger partial charge in [0.25, 0.3) is 0 Å². The van der Waals surface area contributed by atoms with Gasteiger partial charge in [-0.2, -0.15) is 0 Å². The van der Waals surface area contributed by atoms with Crippen LogP contribution in [0.2, 0.25) is 5.02 Å². The Morgan fingerprint density at radius 1 is 1.33 bits per heavy atom. The Morgan fingerprint density at radius 2 is 2.06 bits per heavy atom. The first-order chi connectivity index (χ1) is 8.72. The molecule has 2 aromatic rings. The molecular formula is C12H10ClN3O2. The molecule has 1 aromatic heterocycles. The van der Waals surface area contributed by atoms with Crippen LogP contribution in [0.15, 0.2) is 30.5 Å². The smallest absolute Gasteiger partial charge is 0.359 e. The summed E-state index contributed by atoms with van der Waals surface area (Å²) < 4.78 is 4.92. The summed E-state index contributed by atoms with van der Waals surface area (Å²) in [4.78, 5) is 11.7. The van der Waals surface area contributed by atoms with E-state index in [-0.39, 0.29) is 12.3 Å². The Morgan fingerprint density at radius 3 is 2.72 bits per heavy atom. The van der Waals surface area contributed by atoms with E-state index in [0.717, 1.165) is 5.56 Å². The van der Waals surface area contributed by atoms with Crippen molar-refractivity contribution in [3.05, 3.63) is 41.2 Å². The maximum atomic E-state index is 11.7. The number of halogens is 1. The molecule has 0 unspecified atom stereocenters. The molecule has 92 valence electrons.